The van der Waals surface area contributed by atoms with Crippen LogP contribution in [0.25, 0.3) is 0 Å². The number of nitrogens with zero attached hydrogens (tertiary/aromatic N) is 1. The Bertz CT molecular complexity index is 515. The lowest BCUT2D eigenvalue weighted by molar-refractivity contribution is -0.123. The fourth-order valence-corrected chi connectivity index (χ4v) is 3.86. The fraction of sp³-hybridized carbons (Fsp3) is 0.857. The molecule has 3 atom stereocenters. The van der Waals surface area contributed by atoms with Crippen molar-refractivity contribution < 1.29 is 24.6 Å². The van der Waals surface area contributed by atoms with Crippen LogP contribution in [0, 0.1) is 11.8 Å². The van der Waals surface area contributed by atoms with Gasteiger partial charge in [0.1, 0.15) is 18.9 Å². The van der Waals surface area contributed by atoms with Crippen LogP contribution in [0.15, 0.2) is 5.16 Å². The second kappa shape index (κ2) is 12.9. The molecule has 7 nitrogen and oxygen atoms in total. The van der Waals surface area contributed by atoms with E-state index in [4.69, 9.17) is 0 Å². The quantitative estimate of drug-likeness (QED) is 0.346. The highest BCUT2D eigenvalue weighted by atomic mass is 16.6. The second-order valence-electron chi connectivity index (χ2n) is 8.28. The molecule has 0 aromatic rings. The first-order valence-corrected chi connectivity index (χ1v) is 10.6. The van der Waals surface area contributed by atoms with Crippen LogP contribution in [-0.2, 0) is 14.4 Å². The summed E-state index contributed by atoms with van der Waals surface area (Å²) in [7, 11) is 1.33. The minimum Gasteiger partial charge on any atom is -0.399 e. The van der Waals surface area contributed by atoms with Gasteiger partial charge in [0.2, 0.25) is 5.91 Å². The van der Waals surface area contributed by atoms with E-state index in [1.54, 1.807) is 6.92 Å². The third-order valence-electron chi connectivity index (χ3n) is 5.35. The van der Waals surface area contributed by atoms with Crippen molar-refractivity contribution in [1.29, 1.82) is 0 Å². The van der Waals surface area contributed by atoms with Crippen molar-refractivity contribution in [2.45, 2.75) is 96.8 Å². The molecule has 0 radical (unpaired) electrons. The molecule has 0 aromatic heterocycles. The Morgan fingerprint density at radius 1 is 1.18 bits per heavy atom. The lowest BCUT2D eigenvalue weighted by atomic mass is 9.82. The van der Waals surface area contributed by atoms with Gasteiger partial charge < -0.3 is 20.4 Å². The Morgan fingerprint density at radius 2 is 1.82 bits per heavy atom. The summed E-state index contributed by atoms with van der Waals surface area (Å²) in [6.45, 7) is 5.66. The minimum atomic E-state index is -1.04. The van der Waals surface area contributed by atoms with E-state index >= 15 is 0 Å². The van der Waals surface area contributed by atoms with Gasteiger partial charge in [0.05, 0.1) is 18.6 Å². The molecule has 3 unspecified atom stereocenters. The Balaban J connectivity index is 2.82. The molecule has 0 bridgehead atoms. The van der Waals surface area contributed by atoms with Crippen molar-refractivity contribution in [3.05, 3.63) is 0 Å². The van der Waals surface area contributed by atoms with Crippen LogP contribution >= 0.6 is 0 Å². The van der Waals surface area contributed by atoms with E-state index in [0.29, 0.717) is 18.8 Å². The van der Waals surface area contributed by atoms with E-state index in [0.717, 1.165) is 25.7 Å². The lowest BCUT2D eigenvalue weighted by Crippen LogP contribution is -2.50. The maximum Gasteiger partial charge on any atom is 0.226 e. The van der Waals surface area contributed by atoms with Crippen LogP contribution in [0.4, 0.5) is 0 Å². The third-order valence-corrected chi connectivity index (χ3v) is 5.35. The highest BCUT2D eigenvalue weighted by molar-refractivity contribution is 6.42. The van der Waals surface area contributed by atoms with Crippen molar-refractivity contribution in [3.63, 3.8) is 0 Å². The molecule has 3 N–H and O–H groups in total. The molecule has 0 spiro atoms. The van der Waals surface area contributed by atoms with Gasteiger partial charge in [-0.15, -0.1) is 0 Å². The van der Waals surface area contributed by atoms with E-state index in [1.807, 2.05) is 13.8 Å². The summed E-state index contributed by atoms with van der Waals surface area (Å²) >= 11 is 0. The van der Waals surface area contributed by atoms with Crippen molar-refractivity contribution in [2.24, 2.45) is 17.0 Å². The number of Topliss-reactive ketones (excluding diaryl/α,β-unsaturated/α-hetero) is 1. The van der Waals surface area contributed by atoms with Gasteiger partial charge in [-0.1, -0.05) is 58.0 Å². The van der Waals surface area contributed by atoms with Gasteiger partial charge in [-0.25, -0.2) is 0 Å². The number of oxime groups is 1. The monoisotopic (exact) mass is 398 g/mol. The molecule has 1 saturated carbocycles. The molecule has 162 valence electrons. The summed E-state index contributed by atoms with van der Waals surface area (Å²) in [5.74, 6) is 0.0121. The first kappa shape index (κ1) is 24.6. The maximum atomic E-state index is 12.6. The van der Waals surface area contributed by atoms with Crippen molar-refractivity contribution in [1.82, 2.24) is 5.32 Å². The Labute approximate surface area is 168 Å². The molecule has 1 fully saturated rings. The smallest absolute Gasteiger partial charge is 0.226 e. The minimum absolute atomic E-state index is 0.0659. The number of amides is 1. The number of nitrogens with one attached hydrogen (secondary N) is 1. The number of hydrogen-bond donors (Lipinski definition) is 3. The summed E-state index contributed by atoms with van der Waals surface area (Å²) in [6, 6.07) is -0.551. The first-order valence-electron chi connectivity index (χ1n) is 10.6. The normalized spacial score (nSPS) is 19.2. The molecule has 0 aliphatic heterocycles. The Hall–Kier alpha value is -1.47. The standard InChI is InChI=1S/C21H38N2O5/c1-5-18(24)16(23-28-4)13-20(26)22-17(12-15-9-7-6-8-10-15)21(27)19(25)11-14(2)3/h14-15,17,19,21,25,27H,5-13H2,1-4H3,(H,22,26). The van der Waals surface area contributed by atoms with Crippen LogP contribution in [0.2, 0.25) is 0 Å². The van der Waals surface area contributed by atoms with Crippen LogP contribution < -0.4 is 5.32 Å². The molecular formula is C21H38N2O5. The largest absolute Gasteiger partial charge is 0.399 e. The number of hydrogen-bond acceptors (Lipinski definition) is 6. The number of aliphatic hydroxyl groups is 2. The molecular weight excluding hydrogens is 360 g/mol. The van der Waals surface area contributed by atoms with Gasteiger partial charge in [0.15, 0.2) is 5.78 Å². The summed E-state index contributed by atoms with van der Waals surface area (Å²) in [5.41, 5.74) is 0.0659. The Kier molecular flexibility index (Phi) is 11.3. The van der Waals surface area contributed by atoms with E-state index in [1.165, 1.54) is 13.5 Å². The first-order chi connectivity index (χ1) is 13.3. The summed E-state index contributed by atoms with van der Waals surface area (Å²) in [5, 5.41) is 27.6. The number of carbonyl (C=O) groups excluding carboxylic acids is 2. The third kappa shape index (κ3) is 8.69. The number of ketones is 1. The van der Waals surface area contributed by atoms with E-state index in [2.05, 4.69) is 15.3 Å². The molecule has 0 aromatic carbocycles. The molecule has 28 heavy (non-hydrogen) atoms. The SMILES string of the molecule is CCC(=O)C(CC(=O)NC(CC1CCCCC1)C(O)C(O)CC(C)C)=NOC. The van der Waals surface area contributed by atoms with Crippen molar-refractivity contribution in [2.75, 3.05) is 7.11 Å². The molecule has 1 aliphatic carbocycles. The summed E-state index contributed by atoms with van der Waals surface area (Å²) in [4.78, 5) is 29.2. The number of carbonyl (C=O) groups is 2. The average Bonchev–Trinajstić information content (AvgIpc) is 2.66. The zero-order valence-electron chi connectivity index (χ0n) is 17.8. The predicted molar refractivity (Wildman–Crippen MR) is 109 cm³/mol. The van der Waals surface area contributed by atoms with E-state index in [-0.39, 0.29) is 30.3 Å². The summed E-state index contributed by atoms with van der Waals surface area (Å²) in [6.07, 6.45) is 4.86. The molecule has 1 aliphatic rings. The lowest BCUT2D eigenvalue weighted by Gasteiger charge is -2.32. The highest BCUT2D eigenvalue weighted by Crippen LogP contribution is 2.29. The molecule has 0 heterocycles. The second-order valence-corrected chi connectivity index (χ2v) is 8.28. The Morgan fingerprint density at radius 3 is 2.36 bits per heavy atom. The summed E-state index contributed by atoms with van der Waals surface area (Å²) < 4.78 is 0. The molecule has 1 amide bonds. The maximum absolute atomic E-state index is 12.6. The fourth-order valence-electron chi connectivity index (χ4n) is 3.86. The van der Waals surface area contributed by atoms with Gasteiger partial charge in [0.25, 0.3) is 0 Å². The zero-order chi connectivity index (χ0) is 21.1. The van der Waals surface area contributed by atoms with Crippen LogP contribution in [0.1, 0.15) is 78.6 Å². The predicted octanol–water partition coefficient (Wildman–Crippen LogP) is 2.58. The van der Waals surface area contributed by atoms with Gasteiger partial charge in [-0.05, 0) is 24.7 Å². The van der Waals surface area contributed by atoms with Crippen LogP contribution in [0.3, 0.4) is 0 Å². The highest BCUT2D eigenvalue weighted by Gasteiger charge is 2.31. The van der Waals surface area contributed by atoms with Gasteiger partial charge in [0, 0.05) is 6.42 Å². The zero-order valence-corrected chi connectivity index (χ0v) is 17.8. The van der Waals surface area contributed by atoms with Gasteiger partial charge >= 0.3 is 0 Å². The van der Waals surface area contributed by atoms with Crippen LogP contribution in [0.5, 0.6) is 0 Å². The van der Waals surface area contributed by atoms with Crippen molar-refractivity contribution in [3.8, 4) is 0 Å². The molecule has 0 saturated heterocycles. The van der Waals surface area contributed by atoms with Crippen molar-refractivity contribution >= 4 is 17.4 Å². The van der Waals surface area contributed by atoms with E-state index < -0.39 is 24.2 Å². The van der Waals surface area contributed by atoms with Gasteiger partial charge in [-0.2, -0.15) is 0 Å². The van der Waals surface area contributed by atoms with Crippen LogP contribution in [-0.4, -0.2) is 53.0 Å². The van der Waals surface area contributed by atoms with E-state index in [9.17, 15) is 19.8 Å². The number of aliphatic hydroxyl groups excluding tert-OH is 2. The topological polar surface area (TPSA) is 108 Å². The molecule has 7 heteroatoms. The van der Waals surface area contributed by atoms with Gasteiger partial charge in [-0.3, -0.25) is 9.59 Å². The number of rotatable bonds is 12. The average molecular weight is 399 g/mol. The molecule has 1 rings (SSSR count).